The Balaban J connectivity index is 1.58. The Morgan fingerprint density at radius 1 is 0.435 bits per heavy atom. The molecule has 0 fully saturated rings. The first-order valence-electron chi connectivity index (χ1n) is 15.4. The fraction of sp³-hybridized carbons (Fsp3) is 0.0952. The van der Waals surface area contributed by atoms with Crippen LogP contribution in [0.5, 0.6) is 11.5 Å². The highest BCUT2D eigenvalue weighted by molar-refractivity contribution is 6.18. The first-order chi connectivity index (χ1) is 22.3. The zero-order chi connectivity index (χ0) is 32.2. The molecule has 0 unspecified atom stereocenters. The lowest BCUT2D eigenvalue weighted by Gasteiger charge is -2.16. The summed E-state index contributed by atoms with van der Waals surface area (Å²) < 4.78 is 0. The van der Waals surface area contributed by atoms with Gasteiger partial charge in [-0.1, -0.05) is 109 Å². The van der Waals surface area contributed by atoms with Gasteiger partial charge in [0.25, 0.3) is 0 Å². The highest BCUT2D eigenvalue weighted by Gasteiger charge is 2.19. The van der Waals surface area contributed by atoms with Crippen molar-refractivity contribution in [3.8, 4) is 22.6 Å². The van der Waals surface area contributed by atoms with Crippen LogP contribution in [0.25, 0.3) is 11.1 Å². The maximum Gasteiger partial charge on any atom is 0.125 e. The third-order valence-corrected chi connectivity index (χ3v) is 8.05. The summed E-state index contributed by atoms with van der Waals surface area (Å²) >= 11 is 0. The molecule has 226 valence electrons. The van der Waals surface area contributed by atoms with E-state index >= 15 is 0 Å². The van der Waals surface area contributed by atoms with Crippen LogP contribution >= 0.6 is 0 Å². The molecule has 0 spiro atoms. The van der Waals surface area contributed by atoms with Crippen molar-refractivity contribution in [3.63, 3.8) is 0 Å². The van der Waals surface area contributed by atoms with Gasteiger partial charge in [0, 0.05) is 33.4 Å². The molecule has 4 nitrogen and oxygen atoms in total. The predicted octanol–water partition coefficient (Wildman–Crippen LogP) is 10.3. The molecule has 2 N–H and O–H groups in total. The number of nitrogens with zero attached hydrogens (tertiary/aromatic N) is 2. The van der Waals surface area contributed by atoms with E-state index < -0.39 is 0 Å². The molecule has 0 aliphatic rings. The third kappa shape index (κ3) is 6.24. The minimum absolute atomic E-state index is 0.198. The van der Waals surface area contributed by atoms with Crippen LogP contribution < -0.4 is 0 Å². The molecule has 0 bridgehead atoms. The molecule has 0 aliphatic heterocycles. The highest BCUT2D eigenvalue weighted by Crippen LogP contribution is 2.39. The summed E-state index contributed by atoms with van der Waals surface area (Å²) in [5.41, 5.74) is 11.8. The molecular formula is C42H36N2O2. The number of aromatic hydroxyl groups is 2. The van der Waals surface area contributed by atoms with Crippen molar-refractivity contribution in [1.82, 2.24) is 0 Å². The first-order valence-corrected chi connectivity index (χ1v) is 15.4. The number of hydrogen-bond acceptors (Lipinski definition) is 4. The number of phenolic OH excluding ortho intramolecular Hbond substituents is 2. The number of rotatable bonds is 7. The van der Waals surface area contributed by atoms with Crippen molar-refractivity contribution in [2.45, 2.75) is 27.7 Å². The molecule has 0 heterocycles. The molecule has 6 aromatic carbocycles. The molecule has 0 atom stereocenters. The Hall–Kier alpha value is -5.74. The third-order valence-electron chi connectivity index (χ3n) is 8.05. The van der Waals surface area contributed by atoms with Crippen LogP contribution in [0.1, 0.15) is 44.5 Å². The second kappa shape index (κ2) is 13.1. The van der Waals surface area contributed by atoms with Crippen molar-refractivity contribution in [3.05, 3.63) is 178 Å². The normalized spacial score (nSPS) is 11.9. The molecule has 6 aromatic rings. The zero-order valence-corrected chi connectivity index (χ0v) is 26.5. The van der Waals surface area contributed by atoms with Gasteiger partial charge in [-0.25, -0.2) is 9.98 Å². The maximum atomic E-state index is 11.2. The van der Waals surface area contributed by atoms with Crippen LogP contribution in [0.3, 0.4) is 0 Å². The van der Waals surface area contributed by atoms with Gasteiger partial charge in [0.05, 0.1) is 22.8 Å². The quantitative estimate of drug-likeness (QED) is 0.179. The molecular weight excluding hydrogens is 564 g/mol. The first kappa shape index (κ1) is 30.3. The average molecular weight is 601 g/mol. The van der Waals surface area contributed by atoms with Crippen LogP contribution in [-0.2, 0) is 0 Å². The number of aliphatic imine (C=N–C) groups is 2. The van der Waals surface area contributed by atoms with Gasteiger partial charge >= 0.3 is 0 Å². The van der Waals surface area contributed by atoms with E-state index in [-0.39, 0.29) is 11.5 Å². The number of aryl methyl sites for hydroxylation is 4. The summed E-state index contributed by atoms with van der Waals surface area (Å²) in [5.74, 6) is 0.395. The lowest BCUT2D eigenvalue weighted by atomic mass is 9.94. The maximum absolute atomic E-state index is 11.2. The van der Waals surface area contributed by atoms with Gasteiger partial charge in [-0.3, -0.25) is 0 Å². The van der Waals surface area contributed by atoms with E-state index in [4.69, 9.17) is 9.98 Å². The molecule has 6 rings (SSSR count). The number of benzene rings is 6. The molecule has 0 saturated heterocycles. The van der Waals surface area contributed by atoms with Crippen LogP contribution in [0.2, 0.25) is 0 Å². The Morgan fingerprint density at radius 3 is 1.15 bits per heavy atom. The van der Waals surface area contributed by atoms with Gasteiger partial charge in [-0.05, 0) is 74.2 Å². The van der Waals surface area contributed by atoms with Gasteiger partial charge in [-0.15, -0.1) is 0 Å². The van der Waals surface area contributed by atoms with Gasteiger partial charge in [0.15, 0.2) is 0 Å². The standard InChI is InChI=1S/C42H36N2O2/c1-27-23-29(3)39(37(45)25-27)41(31-15-7-5-8-16-31)43-35-21-13-11-19-33(35)34-20-12-14-22-36(34)44-42(32-17-9-6-10-18-32)40-30(4)24-28(2)26-38(40)46/h5-26,45-46H,1-4H3. The van der Waals surface area contributed by atoms with Crippen molar-refractivity contribution in [2.24, 2.45) is 9.98 Å². The highest BCUT2D eigenvalue weighted by atomic mass is 16.3. The van der Waals surface area contributed by atoms with Gasteiger partial charge in [0.2, 0.25) is 0 Å². The molecule has 0 amide bonds. The summed E-state index contributed by atoms with van der Waals surface area (Å²) in [5, 5.41) is 22.3. The molecule has 0 aromatic heterocycles. The summed E-state index contributed by atoms with van der Waals surface area (Å²) in [7, 11) is 0. The van der Waals surface area contributed by atoms with E-state index in [1.165, 1.54) is 0 Å². The smallest absolute Gasteiger partial charge is 0.125 e. The molecule has 4 heteroatoms. The number of hydrogen-bond donors (Lipinski definition) is 2. The van der Waals surface area contributed by atoms with Gasteiger partial charge < -0.3 is 10.2 Å². The van der Waals surface area contributed by atoms with Crippen LogP contribution in [0, 0.1) is 27.7 Å². The lowest BCUT2D eigenvalue weighted by Crippen LogP contribution is -2.07. The summed E-state index contributed by atoms with van der Waals surface area (Å²) in [6, 6.07) is 43.7. The average Bonchev–Trinajstić information content (AvgIpc) is 3.04. The lowest BCUT2D eigenvalue weighted by molar-refractivity contribution is 0.472. The van der Waals surface area contributed by atoms with E-state index in [9.17, 15) is 10.2 Å². The molecule has 0 aliphatic carbocycles. The number of phenols is 2. The Bertz CT molecular complexity index is 1900. The van der Waals surface area contributed by atoms with Crippen LogP contribution in [0.4, 0.5) is 11.4 Å². The topological polar surface area (TPSA) is 65.2 Å². The Labute approximate surface area is 270 Å². The van der Waals surface area contributed by atoms with E-state index in [1.54, 1.807) is 12.1 Å². The van der Waals surface area contributed by atoms with E-state index in [0.29, 0.717) is 22.6 Å². The van der Waals surface area contributed by atoms with Crippen LogP contribution in [-0.4, -0.2) is 21.6 Å². The van der Waals surface area contributed by atoms with Crippen molar-refractivity contribution in [2.75, 3.05) is 0 Å². The zero-order valence-electron chi connectivity index (χ0n) is 26.5. The van der Waals surface area contributed by atoms with Crippen LogP contribution in [0.15, 0.2) is 143 Å². The minimum atomic E-state index is 0.198. The second-order valence-corrected chi connectivity index (χ2v) is 11.6. The second-order valence-electron chi connectivity index (χ2n) is 11.6. The SMILES string of the molecule is Cc1cc(C)c(C(=Nc2ccccc2-c2ccccc2N=C(c2ccccc2)c2c(C)cc(C)cc2O)c2ccccc2)c(O)c1. The fourth-order valence-electron chi connectivity index (χ4n) is 6.07. The number of para-hydroxylation sites is 2. The monoisotopic (exact) mass is 600 g/mol. The molecule has 0 saturated carbocycles. The van der Waals surface area contributed by atoms with E-state index in [0.717, 1.165) is 55.9 Å². The predicted molar refractivity (Wildman–Crippen MR) is 191 cm³/mol. The largest absolute Gasteiger partial charge is 0.507 e. The fourth-order valence-corrected chi connectivity index (χ4v) is 6.07. The van der Waals surface area contributed by atoms with E-state index in [2.05, 4.69) is 24.3 Å². The van der Waals surface area contributed by atoms with Crippen molar-refractivity contribution in [1.29, 1.82) is 0 Å². The summed E-state index contributed by atoms with van der Waals surface area (Å²) in [4.78, 5) is 10.5. The summed E-state index contributed by atoms with van der Waals surface area (Å²) in [6.45, 7) is 7.96. The Kier molecular flexibility index (Phi) is 8.62. The Morgan fingerprint density at radius 2 is 0.783 bits per heavy atom. The van der Waals surface area contributed by atoms with Crippen molar-refractivity contribution < 1.29 is 10.2 Å². The van der Waals surface area contributed by atoms with Crippen molar-refractivity contribution >= 4 is 22.8 Å². The minimum Gasteiger partial charge on any atom is -0.507 e. The van der Waals surface area contributed by atoms with Gasteiger partial charge in [-0.2, -0.15) is 0 Å². The van der Waals surface area contributed by atoms with Gasteiger partial charge in [0.1, 0.15) is 11.5 Å². The summed E-state index contributed by atoms with van der Waals surface area (Å²) in [6.07, 6.45) is 0. The molecule has 0 radical (unpaired) electrons. The molecule has 46 heavy (non-hydrogen) atoms. The van der Waals surface area contributed by atoms with E-state index in [1.807, 2.05) is 125 Å².